The van der Waals surface area contributed by atoms with Crippen LogP contribution in [0.3, 0.4) is 0 Å². The van der Waals surface area contributed by atoms with Crippen molar-refractivity contribution in [1.29, 1.82) is 0 Å². The third kappa shape index (κ3) is 7.16. The van der Waals surface area contributed by atoms with Gasteiger partial charge in [0.25, 0.3) is 0 Å². The van der Waals surface area contributed by atoms with Crippen LogP contribution in [0.5, 0.6) is 5.75 Å². The average Bonchev–Trinajstić information content (AvgIpc) is 2.95. The Balaban J connectivity index is 2.12. The molecule has 30 heavy (non-hydrogen) atoms. The van der Waals surface area contributed by atoms with E-state index in [9.17, 15) is 26.4 Å². The van der Waals surface area contributed by atoms with Gasteiger partial charge in [0.1, 0.15) is 11.8 Å². The third-order valence-electron chi connectivity index (χ3n) is 5.26. The van der Waals surface area contributed by atoms with Gasteiger partial charge >= 0.3 is 6.36 Å². The number of nitrogens with one attached hydrogen (secondary N) is 1. The van der Waals surface area contributed by atoms with Crippen molar-refractivity contribution in [2.45, 2.75) is 81.6 Å². The molecule has 0 saturated heterocycles. The van der Waals surface area contributed by atoms with Crippen molar-refractivity contribution >= 4 is 15.9 Å². The zero-order valence-corrected chi connectivity index (χ0v) is 18.1. The molecular formula is C20H29F3N2O4S. The fourth-order valence-electron chi connectivity index (χ4n) is 3.67. The van der Waals surface area contributed by atoms with E-state index in [2.05, 4.69) is 9.46 Å². The Kier molecular flexibility index (Phi) is 8.54. The van der Waals surface area contributed by atoms with Crippen LogP contribution in [0.25, 0.3) is 0 Å². The van der Waals surface area contributed by atoms with Gasteiger partial charge in [-0.3, -0.25) is 4.79 Å². The number of likely N-dealkylation sites (N-methyl/N-ethyl adjacent to an activating group) is 1. The molecule has 1 aliphatic rings. The van der Waals surface area contributed by atoms with Gasteiger partial charge in [0.2, 0.25) is 15.9 Å². The van der Waals surface area contributed by atoms with Gasteiger partial charge in [0, 0.05) is 13.1 Å². The second-order valence-corrected chi connectivity index (χ2v) is 9.29. The average molecular weight is 451 g/mol. The van der Waals surface area contributed by atoms with Crippen molar-refractivity contribution in [1.82, 2.24) is 9.62 Å². The lowest BCUT2D eigenvalue weighted by atomic mass is 10.1. The smallest absolute Gasteiger partial charge is 0.406 e. The van der Waals surface area contributed by atoms with E-state index in [1.165, 1.54) is 0 Å². The number of ether oxygens (including phenoxy) is 1. The van der Waals surface area contributed by atoms with Crippen LogP contribution in [0.1, 0.15) is 58.3 Å². The van der Waals surface area contributed by atoms with Crippen molar-refractivity contribution in [3.8, 4) is 5.75 Å². The molecule has 1 fully saturated rings. The van der Waals surface area contributed by atoms with E-state index in [0.29, 0.717) is 12.8 Å². The molecular weight excluding hydrogens is 421 g/mol. The molecule has 1 aromatic rings. The van der Waals surface area contributed by atoms with Gasteiger partial charge < -0.3 is 9.64 Å². The lowest BCUT2D eigenvalue weighted by molar-refractivity contribution is -0.274. The maximum atomic E-state index is 13.0. The molecule has 1 atom stereocenters. The Morgan fingerprint density at radius 1 is 1.17 bits per heavy atom. The van der Waals surface area contributed by atoms with Gasteiger partial charge in [-0.2, -0.15) is 4.72 Å². The van der Waals surface area contributed by atoms with Crippen molar-refractivity contribution in [2.24, 2.45) is 0 Å². The normalized spacial score (nSPS) is 17.2. The third-order valence-corrected chi connectivity index (χ3v) is 6.75. The van der Waals surface area contributed by atoms with Gasteiger partial charge in [-0.15, -0.1) is 13.2 Å². The standard InChI is InChI=1S/C20H29F3N2O4S/c1-3-8-18(19(26)25(2)15-9-6-4-5-7-10-15)24-30(27,28)17-13-11-16(12-14-17)29-20(21,22)23/h11-15,18,24H,3-10H2,1-2H3. The maximum absolute atomic E-state index is 13.0. The van der Waals surface area contributed by atoms with Crippen LogP contribution in [0, 0.1) is 0 Å². The van der Waals surface area contributed by atoms with Crippen LogP contribution in [-0.4, -0.2) is 44.7 Å². The van der Waals surface area contributed by atoms with Crippen LogP contribution in [0.2, 0.25) is 0 Å². The first kappa shape index (κ1) is 24.5. The Labute approximate surface area is 175 Å². The molecule has 0 bridgehead atoms. The molecule has 6 nitrogen and oxygen atoms in total. The van der Waals surface area contributed by atoms with Gasteiger partial charge in [0.15, 0.2) is 0 Å². The molecule has 0 radical (unpaired) electrons. The number of carbonyl (C=O) groups is 1. The Bertz CT molecular complexity index is 789. The zero-order valence-electron chi connectivity index (χ0n) is 17.2. The molecule has 0 heterocycles. The summed E-state index contributed by atoms with van der Waals surface area (Å²) >= 11 is 0. The van der Waals surface area contributed by atoms with Crippen LogP contribution in [-0.2, 0) is 14.8 Å². The molecule has 1 aliphatic carbocycles. The number of rotatable bonds is 8. The Morgan fingerprint density at radius 2 is 1.73 bits per heavy atom. The molecule has 2 rings (SSSR count). The fraction of sp³-hybridized carbons (Fsp3) is 0.650. The summed E-state index contributed by atoms with van der Waals surface area (Å²) in [5.41, 5.74) is 0. The van der Waals surface area contributed by atoms with Crippen molar-refractivity contribution in [2.75, 3.05) is 7.05 Å². The molecule has 10 heteroatoms. The summed E-state index contributed by atoms with van der Waals surface area (Å²) in [5, 5.41) is 0. The van der Waals surface area contributed by atoms with Gasteiger partial charge in [-0.25, -0.2) is 8.42 Å². The molecule has 1 amide bonds. The van der Waals surface area contributed by atoms with E-state index in [1.54, 1.807) is 11.9 Å². The zero-order chi connectivity index (χ0) is 22.4. The van der Waals surface area contributed by atoms with Crippen molar-refractivity contribution < 1.29 is 31.1 Å². The number of carbonyl (C=O) groups excluding carboxylic acids is 1. The minimum atomic E-state index is -4.86. The summed E-state index contributed by atoms with van der Waals surface area (Å²) in [4.78, 5) is 14.4. The molecule has 1 aromatic carbocycles. The maximum Gasteiger partial charge on any atom is 0.573 e. The minimum absolute atomic E-state index is 0.0858. The highest BCUT2D eigenvalue weighted by Gasteiger charge is 2.32. The first-order chi connectivity index (χ1) is 14.0. The number of nitrogens with zero attached hydrogens (tertiary/aromatic N) is 1. The van der Waals surface area contributed by atoms with E-state index in [1.807, 2.05) is 6.92 Å². The van der Waals surface area contributed by atoms with Crippen molar-refractivity contribution in [3.05, 3.63) is 24.3 Å². The molecule has 1 saturated carbocycles. The van der Waals surface area contributed by atoms with Crippen LogP contribution < -0.4 is 9.46 Å². The summed E-state index contributed by atoms with van der Waals surface area (Å²) in [6.07, 6.45) is 2.20. The molecule has 1 unspecified atom stereocenters. The summed E-state index contributed by atoms with van der Waals surface area (Å²) in [7, 11) is -2.39. The fourth-order valence-corrected chi connectivity index (χ4v) is 4.89. The lowest BCUT2D eigenvalue weighted by Gasteiger charge is -2.31. The minimum Gasteiger partial charge on any atom is -0.406 e. The van der Waals surface area contributed by atoms with E-state index in [4.69, 9.17) is 0 Å². The van der Waals surface area contributed by atoms with Crippen LogP contribution in [0.4, 0.5) is 13.2 Å². The van der Waals surface area contributed by atoms with Gasteiger partial charge in [-0.1, -0.05) is 39.0 Å². The molecule has 0 aliphatic heterocycles. The molecule has 170 valence electrons. The van der Waals surface area contributed by atoms with E-state index in [-0.39, 0.29) is 16.8 Å². The number of sulfonamides is 1. The quantitative estimate of drug-likeness (QED) is 0.602. The topological polar surface area (TPSA) is 75.7 Å². The predicted octanol–water partition coefficient (Wildman–Crippen LogP) is 4.21. The first-order valence-electron chi connectivity index (χ1n) is 10.2. The lowest BCUT2D eigenvalue weighted by Crippen LogP contribution is -2.50. The van der Waals surface area contributed by atoms with E-state index < -0.39 is 28.2 Å². The second-order valence-electron chi connectivity index (χ2n) is 7.58. The van der Waals surface area contributed by atoms with Crippen LogP contribution >= 0.6 is 0 Å². The number of halogens is 3. The number of alkyl halides is 3. The van der Waals surface area contributed by atoms with E-state index >= 15 is 0 Å². The highest BCUT2D eigenvalue weighted by molar-refractivity contribution is 7.89. The summed E-state index contributed by atoms with van der Waals surface area (Å²) in [5.74, 6) is -0.805. The number of benzene rings is 1. The number of hydrogen-bond acceptors (Lipinski definition) is 4. The SMILES string of the molecule is CCCC(NS(=O)(=O)c1ccc(OC(F)(F)F)cc1)C(=O)N(C)C1CCCCCC1. The first-order valence-corrected chi connectivity index (χ1v) is 11.7. The van der Waals surface area contributed by atoms with Crippen LogP contribution in [0.15, 0.2) is 29.2 Å². The van der Waals surface area contributed by atoms with Crippen molar-refractivity contribution in [3.63, 3.8) is 0 Å². The monoisotopic (exact) mass is 450 g/mol. The largest absolute Gasteiger partial charge is 0.573 e. The number of amides is 1. The molecule has 1 N–H and O–H groups in total. The second kappa shape index (κ2) is 10.5. The highest BCUT2D eigenvalue weighted by atomic mass is 32.2. The Hall–Kier alpha value is -1.81. The predicted molar refractivity (Wildman–Crippen MR) is 106 cm³/mol. The summed E-state index contributed by atoms with van der Waals surface area (Å²) < 4.78 is 68.5. The van der Waals surface area contributed by atoms with Gasteiger partial charge in [-0.05, 0) is 43.5 Å². The summed E-state index contributed by atoms with van der Waals surface area (Å²) in [6, 6.07) is 3.05. The molecule has 0 aromatic heterocycles. The number of hydrogen-bond donors (Lipinski definition) is 1. The summed E-state index contributed by atoms with van der Waals surface area (Å²) in [6.45, 7) is 1.85. The molecule has 0 spiro atoms. The highest BCUT2D eigenvalue weighted by Crippen LogP contribution is 2.25. The Morgan fingerprint density at radius 3 is 2.23 bits per heavy atom. The van der Waals surface area contributed by atoms with E-state index in [0.717, 1.165) is 62.8 Å². The van der Waals surface area contributed by atoms with Gasteiger partial charge in [0.05, 0.1) is 4.90 Å².